The smallest absolute Gasteiger partial charge is 0.231 e. The number of ether oxygens (including phenoxy) is 2. The number of fused-ring (bicyclic) bond motifs is 1. The quantitative estimate of drug-likeness (QED) is 0.836. The van der Waals surface area contributed by atoms with Crippen molar-refractivity contribution < 1.29 is 13.9 Å². The third kappa shape index (κ3) is 1.44. The average Bonchev–Trinajstić information content (AvgIpc) is 2.98. The normalized spacial score (nSPS) is 15.1. The summed E-state index contributed by atoms with van der Waals surface area (Å²) in [5, 5.41) is 0. The van der Waals surface area contributed by atoms with Crippen molar-refractivity contribution >= 4 is 0 Å². The Morgan fingerprint density at radius 3 is 2.81 bits per heavy atom. The molecule has 2 N–H and O–H groups in total. The van der Waals surface area contributed by atoms with Crippen LogP contribution in [0, 0.1) is 0 Å². The minimum Gasteiger partial charge on any atom is -0.467 e. The first-order valence-electron chi connectivity index (χ1n) is 5.03. The molecule has 16 heavy (non-hydrogen) atoms. The van der Waals surface area contributed by atoms with Gasteiger partial charge in [0.25, 0.3) is 0 Å². The SMILES string of the molecule is NC(c1ccc2c(c1)OCO2)c1ccco1. The summed E-state index contributed by atoms with van der Waals surface area (Å²) in [6.45, 7) is 0.273. The van der Waals surface area contributed by atoms with Gasteiger partial charge in [0.15, 0.2) is 11.5 Å². The van der Waals surface area contributed by atoms with Gasteiger partial charge in [-0.25, -0.2) is 0 Å². The zero-order valence-corrected chi connectivity index (χ0v) is 8.55. The molecule has 1 aliphatic heterocycles. The van der Waals surface area contributed by atoms with Crippen LogP contribution in [0.3, 0.4) is 0 Å². The summed E-state index contributed by atoms with van der Waals surface area (Å²) in [6.07, 6.45) is 1.61. The van der Waals surface area contributed by atoms with E-state index in [1.165, 1.54) is 0 Å². The topological polar surface area (TPSA) is 57.6 Å². The molecule has 0 spiro atoms. The molecule has 4 nitrogen and oxygen atoms in total. The van der Waals surface area contributed by atoms with Crippen molar-refractivity contribution in [3.63, 3.8) is 0 Å². The Balaban J connectivity index is 1.95. The van der Waals surface area contributed by atoms with Crippen molar-refractivity contribution in [3.05, 3.63) is 47.9 Å². The molecular formula is C12H11NO3. The van der Waals surface area contributed by atoms with E-state index in [1.807, 2.05) is 30.3 Å². The molecule has 0 saturated carbocycles. The zero-order chi connectivity index (χ0) is 11.0. The Hall–Kier alpha value is -1.94. The van der Waals surface area contributed by atoms with Crippen LogP contribution in [0.2, 0.25) is 0 Å². The predicted octanol–water partition coefficient (Wildman–Crippen LogP) is 2.06. The van der Waals surface area contributed by atoms with Gasteiger partial charge in [0.05, 0.1) is 12.3 Å². The number of benzene rings is 1. The van der Waals surface area contributed by atoms with Crippen LogP contribution in [0.15, 0.2) is 41.0 Å². The molecule has 0 fully saturated rings. The van der Waals surface area contributed by atoms with Crippen LogP contribution in [0.25, 0.3) is 0 Å². The number of furan rings is 1. The second-order valence-electron chi connectivity index (χ2n) is 3.61. The maximum absolute atomic E-state index is 6.06. The van der Waals surface area contributed by atoms with Crippen molar-refractivity contribution in [2.24, 2.45) is 5.73 Å². The molecule has 82 valence electrons. The van der Waals surface area contributed by atoms with Crippen LogP contribution in [0.5, 0.6) is 11.5 Å². The fourth-order valence-corrected chi connectivity index (χ4v) is 1.74. The first kappa shape index (κ1) is 9.30. The zero-order valence-electron chi connectivity index (χ0n) is 8.55. The lowest BCUT2D eigenvalue weighted by Gasteiger charge is -2.09. The van der Waals surface area contributed by atoms with E-state index in [0.29, 0.717) is 0 Å². The third-order valence-electron chi connectivity index (χ3n) is 2.61. The van der Waals surface area contributed by atoms with Gasteiger partial charge in [-0.3, -0.25) is 0 Å². The highest BCUT2D eigenvalue weighted by Crippen LogP contribution is 2.34. The molecule has 1 aromatic heterocycles. The van der Waals surface area contributed by atoms with E-state index in [4.69, 9.17) is 19.6 Å². The number of hydrogen-bond donors (Lipinski definition) is 1. The fourth-order valence-electron chi connectivity index (χ4n) is 1.74. The summed E-state index contributed by atoms with van der Waals surface area (Å²) >= 11 is 0. The van der Waals surface area contributed by atoms with Crippen LogP contribution < -0.4 is 15.2 Å². The van der Waals surface area contributed by atoms with Crippen molar-refractivity contribution in [3.8, 4) is 11.5 Å². The lowest BCUT2D eigenvalue weighted by Crippen LogP contribution is -2.10. The Labute approximate surface area is 92.6 Å². The standard InChI is InChI=1S/C12H11NO3/c13-12(10-2-1-5-14-10)8-3-4-9-11(6-8)16-7-15-9/h1-6,12H,7,13H2. The molecule has 0 aliphatic carbocycles. The van der Waals surface area contributed by atoms with Gasteiger partial charge in [-0.1, -0.05) is 6.07 Å². The molecule has 1 aliphatic rings. The van der Waals surface area contributed by atoms with Gasteiger partial charge in [0.2, 0.25) is 6.79 Å². The van der Waals surface area contributed by atoms with Crippen molar-refractivity contribution in [1.82, 2.24) is 0 Å². The molecule has 0 saturated heterocycles. The first-order valence-corrected chi connectivity index (χ1v) is 5.03. The molecule has 3 rings (SSSR count). The van der Waals surface area contributed by atoms with Crippen LogP contribution >= 0.6 is 0 Å². The number of nitrogens with two attached hydrogens (primary N) is 1. The number of rotatable bonds is 2. The van der Waals surface area contributed by atoms with E-state index in [0.717, 1.165) is 22.8 Å². The molecule has 2 aromatic rings. The molecule has 2 heterocycles. The molecule has 0 amide bonds. The van der Waals surface area contributed by atoms with Crippen LogP contribution in [-0.4, -0.2) is 6.79 Å². The van der Waals surface area contributed by atoms with Gasteiger partial charge in [0, 0.05) is 0 Å². The van der Waals surface area contributed by atoms with Gasteiger partial charge in [0.1, 0.15) is 5.76 Å². The monoisotopic (exact) mass is 217 g/mol. The molecule has 4 heteroatoms. The summed E-state index contributed by atoms with van der Waals surface area (Å²) < 4.78 is 15.8. The van der Waals surface area contributed by atoms with Crippen LogP contribution in [-0.2, 0) is 0 Å². The maximum atomic E-state index is 6.06. The maximum Gasteiger partial charge on any atom is 0.231 e. The Morgan fingerprint density at radius 2 is 2.00 bits per heavy atom. The van der Waals surface area contributed by atoms with E-state index in [-0.39, 0.29) is 12.8 Å². The largest absolute Gasteiger partial charge is 0.467 e. The van der Waals surface area contributed by atoms with E-state index in [1.54, 1.807) is 6.26 Å². The highest BCUT2D eigenvalue weighted by molar-refractivity contribution is 5.46. The molecular weight excluding hydrogens is 206 g/mol. The van der Waals surface area contributed by atoms with Gasteiger partial charge in [-0.2, -0.15) is 0 Å². The summed E-state index contributed by atoms with van der Waals surface area (Å²) in [7, 11) is 0. The fraction of sp³-hybridized carbons (Fsp3) is 0.167. The van der Waals surface area contributed by atoms with Crippen LogP contribution in [0.1, 0.15) is 17.4 Å². The average molecular weight is 217 g/mol. The summed E-state index contributed by atoms with van der Waals surface area (Å²) in [6, 6.07) is 9.07. The second-order valence-corrected chi connectivity index (χ2v) is 3.61. The Morgan fingerprint density at radius 1 is 1.12 bits per heavy atom. The van der Waals surface area contributed by atoms with Crippen molar-refractivity contribution in [1.29, 1.82) is 0 Å². The predicted molar refractivity (Wildman–Crippen MR) is 57.3 cm³/mol. The van der Waals surface area contributed by atoms with Gasteiger partial charge < -0.3 is 19.6 Å². The molecule has 0 radical (unpaired) electrons. The van der Waals surface area contributed by atoms with Crippen LogP contribution in [0.4, 0.5) is 0 Å². The van der Waals surface area contributed by atoms with Gasteiger partial charge in [-0.05, 0) is 29.8 Å². The van der Waals surface area contributed by atoms with Crippen molar-refractivity contribution in [2.45, 2.75) is 6.04 Å². The molecule has 1 aromatic carbocycles. The highest BCUT2D eigenvalue weighted by Gasteiger charge is 2.17. The molecule has 1 atom stereocenters. The van der Waals surface area contributed by atoms with Crippen molar-refractivity contribution in [2.75, 3.05) is 6.79 Å². The first-order chi connectivity index (χ1) is 7.84. The molecule has 0 bridgehead atoms. The summed E-state index contributed by atoms with van der Waals surface area (Å²) in [4.78, 5) is 0. The van der Waals surface area contributed by atoms with E-state index >= 15 is 0 Å². The van der Waals surface area contributed by atoms with E-state index in [9.17, 15) is 0 Å². The lowest BCUT2D eigenvalue weighted by atomic mass is 10.1. The third-order valence-corrected chi connectivity index (χ3v) is 2.61. The van der Waals surface area contributed by atoms with E-state index < -0.39 is 0 Å². The summed E-state index contributed by atoms with van der Waals surface area (Å²) in [5.74, 6) is 2.23. The Kier molecular flexibility index (Phi) is 2.08. The second kappa shape index (κ2) is 3.57. The minimum absolute atomic E-state index is 0.273. The Bertz CT molecular complexity index is 493. The minimum atomic E-state index is -0.274. The summed E-state index contributed by atoms with van der Waals surface area (Å²) in [5.41, 5.74) is 7.01. The van der Waals surface area contributed by atoms with Gasteiger partial charge in [-0.15, -0.1) is 0 Å². The van der Waals surface area contributed by atoms with E-state index in [2.05, 4.69) is 0 Å². The lowest BCUT2D eigenvalue weighted by molar-refractivity contribution is 0.174. The van der Waals surface area contributed by atoms with Gasteiger partial charge >= 0.3 is 0 Å². The highest BCUT2D eigenvalue weighted by atomic mass is 16.7. The number of hydrogen-bond acceptors (Lipinski definition) is 4. The molecule has 1 unspecified atom stereocenters.